The number of nitrogens with one attached hydrogen (secondary N) is 1. The van der Waals surface area contributed by atoms with Crippen LogP contribution in [0.15, 0.2) is 5.38 Å². The van der Waals surface area contributed by atoms with Crippen LogP contribution in [0.1, 0.15) is 39.3 Å². The fourth-order valence-corrected chi connectivity index (χ4v) is 2.35. The zero-order valence-electron chi connectivity index (χ0n) is 11.5. The van der Waals surface area contributed by atoms with E-state index in [1.54, 1.807) is 11.3 Å². The zero-order valence-corrected chi connectivity index (χ0v) is 12.3. The molecule has 0 bridgehead atoms. The van der Waals surface area contributed by atoms with Crippen LogP contribution in [-0.4, -0.2) is 24.1 Å². The first-order chi connectivity index (χ1) is 8.56. The normalized spacial score (nSPS) is 14.0. The molecule has 0 radical (unpaired) electrons. The van der Waals surface area contributed by atoms with Crippen LogP contribution < -0.4 is 5.32 Å². The van der Waals surface area contributed by atoms with E-state index in [4.69, 9.17) is 0 Å². The Morgan fingerprint density at radius 2 is 2.28 bits per heavy atom. The maximum absolute atomic E-state index is 11.0. The van der Waals surface area contributed by atoms with Gasteiger partial charge in [0.2, 0.25) is 0 Å². The van der Waals surface area contributed by atoms with Gasteiger partial charge in [-0.3, -0.25) is 4.79 Å². The number of hydrogen-bond acceptors (Lipinski definition) is 5. The molecule has 0 amide bonds. The van der Waals surface area contributed by atoms with Gasteiger partial charge in [0.15, 0.2) is 5.13 Å². The Labute approximate surface area is 113 Å². The molecular weight excluding hydrogens is 248 g/mol. The Balaban J connectivity index is 2.45. The highest BCUT2D eigenvalue weighted by Gasteiger charge is 2.12. The number of hydrogen-bond donors (Lipinski definition) is 1. The van der Waals surface area contributed by atoms with Gasteiger partial charge in [0.1, 0.15) is 0 Å². The Bertz CT molecular complexity index is 379. The fraction of sp³-hybridized carbons (Fsp3) is 0.692. The van der Waals surface area contributed by atoms with Gasteiger partial charge in [0.05, 0.1) is 19.2 Å². The first kappa shape index (κ1) is 15.0. The summed E-state index contributed by atoms with van der Waals surface area (Å²) in [6.07, 6.45) is 2.18. The Hall–Kier alpha value is -1.10. The topological polar surface area (TPSA) is 51.2 Å². The summed E-state index contributed by atoms with van der Waals surface area (Å²) in [4.78, 5) is 15.5. The monoisotopic (exact) mass is 270 g/mol. The van der Waals surface area contributed by atoms with E-state index in [1.165, 1.54) is 7.11 Å². The number of nitrogens with zero attached hydrogens (tertiary/aromatic N) is 1. The third-order valence-corrected chi connectivity index (χ3v) is 4.04. The van der Waals surface area contributed by atoms with Crippen LogP contribution in [-0.2, 0) is 16.0 Å². The lowest BCUT2D eigenvalue weighted by Crippen LogP contribution is -2.23. The average molecular weight is 270 g/mol. The molecule has 1 aromatic heterocycles. The van der Waals surface area contributed by atoms with Gasteiger partial charge < -0.3 is 10.1 Å². The van der Waals surface area contributed by atoms with E-state index < -0.39 is 0 Å². The molecule has 0 aromatic carbocycles. The number of anilines is 1. The number of carbonyl (C=O) groups is 1. The maximum Gasteiger partial charge on any atom is 0.305 e. The predicted molar refractivity (Wildman–Crippen MR) is 75.0 cm³/mol. The van der Waals surface area contributed by atoms with Gasteiger partial charge in [0.25, 0.3) is 0 Å². The molecule has 1 N–H and O–H groups in total. The van der Waals surface area contributed by atoms with Crippen molar-refractivity contribution in [1.82, 2.24) is 4.98 Å². The van der Waals surface area contributed by atoms with Crippen LogP contribution in [0.3, 0.4) is 0 Å². The largest absolute Gasteiger partial charge is 0.469 e. The van der Waals surface area contributed by atoms with Gasteiger partial charge in [-0.2, -0.15) is 0 Å². The minimum atomic E-state index is -0.189. The lowest BCUT2D eigenvalue weighted by Gasteiger charge is -2.18. The first-order valence-electron chi connectivity index (χ1n) is 6.34. The maximum atomic E-state index is 11.0. The number of rotatable bonds is 7. The third kappa shape index (κ3) is 4.64. The molecule has 0 saturated carbocycles. The van der Waals surface area contributed by atoms with E-state index in [2.05, 4.69) is 35.8 Å². The Morgan fingerprint density at radius 1 is 1.56 bits per heavy atom. The van der Waals surface area contributed by atoms with Gasteiger partial charge in [-0.15, -0.1) is 11.3 Å². The van der Waals surface area contributed by atoms with E-state index >= 15 is 0 Å². The molecule has 2 unspecified atom stereocenters. The number of esters is 1. The summed E-state index contributed by atoms with van der Waals surface area (Å²) in [5.74, 6) is 0.429. The number of thiazole rings is 1. The van der Waals surface area contributed by atoms with Gasteiger partial charge in [-0.05, 0) is 12.8 Å². The molecule has 2 atom stereocenters. The van der Waals surface area contributed by atoms with E-state index in [0.29, 0.717) is 24.8 Å². The first-order valence-corrected chi connectivity index (χ1v) is 7.22. The molecule has 4 nitrogen and oxygen atoms in total. The smallest absolute Gasteiger partial charge is 0.305 e. The minimum Gasteiger partial charge on any atom is -0.469 e. The predicted octanol–water partition coefficient (Wildman–Crippen LogP) is 3.10. The highest BCUT2D eigenvalue weighted by molar-refractivity contribution is 7.13. The summed E-state index contributed by atoms with van der Waals surface area (Å²) < 4.78 is 4.61. The molecule has 0 aliphatic carbocycles. The second-order valence-corrected chi connectivity index (χ2v) is 5.40. The lowest BCUT2D eigenvalue weighted by atomic mass is 10.0. The Kier molecular flexibility index (Phi) is 6.12. The van der Waals surface area contributed by atoms with Crippen molar-refractivity contribution >= 4 is 22.4 Å². The summed E-state index contributed by atoms with van der Waals surface area (Å²) in [5.41, 5.74) is 0.948. The van der Waals surface area contributed by atoms with Crippen molar-refractivity contribution in [2.45, 2.75) is 46.1 Å². The zero-order chi connectivity index (χ0) is 13.5. The molecule has 5 heteroatoms. The standard InChI is InChI=1S/C13H22N2O2S/c1-5-9(2)10(3)14-13-15-11(8-18-13)6-7-12(16)17-4/h8-10H,5-7H2,1-4H3,(H,14,15). The van der Waals surface area contributed by atoms with Gasteiger partial charge >= 0.3 is 5.97 Å². The van der Waals surface area contributed by atoms with Crippen molar-refractivity contribution in [2.24, 2.45) is 5.92 Å². The summed E-state index contributed by atoms with van der Waals surface area (Å²) in [5, 5.41) is 6.33. The fourth-order valence-electron chi connectivity index (χ4n) is 1.51. The number of aryl methyl sites for hydroxylation is 1. The van der Waals surface area contributed by atoms with Crippen molar-refractivity contribution < 1.29 is 9.53 Å². The van der Waals surface area contributed by atoms with Crippen molar-refractivity contribution in [3.05, 3.63) is 11.1 Å². The molecule has 1 rings (SSSR count). The van der Waals surface area contributed by atoms with Crippen LogP contribution in [0.2, 0.25) is 0 Å². The second kappa shape index (κ2) is 7.36. The molecule has 102 valence electrons. The molecule has 1 heterocycles. The molecule has 0 spiro atoms. The average Bonchev–Trinajstić information content (AvgIpc) is 2.82. The number of ether oxygens (including phenoxy) is 1. The second-order valence-electron chi connectivity index (χ2n) is 4.54. The van der Waals surface area contributed by atoms with Crippen molar-refractivity contribution in [2.75, 3.05) is 12.4 Å². The van der Waals surface area contributed by atoms with E-state index in [-0.39, 0.29) is 5.97 Å². The van der Waals surface area contributed by atoms with Crippen LogP contribution >= 0.6 is 11.3 Å². The molecule has 0 fully saturated rings. The quantitative estimate of drug-likeness (QED) is 0.774. The molecule has 0 aliphatic rings. The number of methoxy groups -OCH3 is 1. The van der Waals surface area contributed by atoms with E-state index in [1.807, 2.05) is 5.38 Å². The molecule has 0 saturated heterocycles. The van der Waals surface area contributed by atoms with Crippen molar-refractivity contribution in [3.63, 3.8) is 0 Å². The summed E-state index contributed by atoms with van der Waals surface area (Å²) in [6, 6.07) is 0.412. The minimum absolute atomic E-state index is 0.189. The molecule has 1 aromatic rings. The lowest BCUT2D eigenvalue weighted by molar-refractivity contribution is -0.140. The van der Waals surface area contributed by atoms with Crippen LogP contribution in [0, 0.1) is 5.92 Å². The van der Waals surface area contributed by atoms with Gasteiger partial charge in [0, 0.05) is 17.8 Å². The third-order valence-electron chi connectivity index (χ3n) is 3.21. The highest BCUT2D eigenvalue weighted by atomic mass is 32.1. The highest BCUT2D eigenvalue weighted by Crippen LogP contribution is 2.20. The van der Waals surface area contributed by atoms with E-state index in [0.717, 1.165) is 17.2 Å². The SMILES string of the molecule is CCC(C)C(C)Nc1nc(CCC(=O)OC)cs1. The summed E-state index contributed by atoms with van der Waals surface area (Å²) in [6.45, 7) is 6.58. The number of aromatic nitrogens is 1. The van der Waals surface area contributed by atoms with Crippen molar-refractivity contribution in [1.29, 1.82) is 0 Å². The van der Waals surface area contributed by atoms with Crippen molar-refractivity contribution in [3.8, 4) is 0 Å². The Morgan fingerprint density at radius 3 is 2.89 bits per heavy atom. The summed E-state index contributed by atoms with van der Waals surface area (Å²) in [7, 11) is 1.41. The van der Waals surface area contributed by atoms with Crippen LogP contribution in [0.5, 0.6) is 0 Å². The molecule has 18 heavy (non-hydrogen) atoms. The van der Waals surface area contributed by atoms with Gasteiger partial charge in [-0.1, -0.05) is 20.3 Å². The van der Waals surface area contributed by atoms with Crippen LogP contribution in [0.25, 0.3) is 0 Å². The number of carbonyl (C=O) groups excluding carboxylic acids is 1. The summed E-state index contributed by atoms with van der Waals surface area (Å²) >= 11 is 1.59. The molecule has 0 aliphatic heterocycles. The van der Waals surface area contributed by atoms with E-state index in [9.17, 15) is 4.79 Å². The van der Waals surface area contributed by atoms with Crippen LogP contribution in [0.4, 0.5) is 5.13 Å². The molecular formula is C13H22N2O2S. The van der Waals surface area contributed by atoms with Gasteiger partial charge in [-0.25, -0.2) is 4.98 Å².